The summed E-state index contributed by atoms with van der Waals surface area (Å²) in [7, 11) is 0. The van der Waals surface area contributed by atoms with Crippen molar-refractivity contribution in [3.05, 3.63) is 0 Å². The Balaban J connectivity index is 0. The van der Waals surface area contributed by atoms with Crippen LogP contribution < -0.4 is 0 Å². The minimum Gasteiger partial charge on any atom is -2.00 e. The van der Waals surface area contributed by atoms with E-state index in [0.717, 1.165) is 0 Å². The first-order chi connectivity index (χ1) is 0. The Morgan fingerprint density at radius 3 is 0.800 bits per heavy atom. The fraction of sp³-hybridized carbons (Fsp3) is 0. The maximum absolute atomic E-state index is 0. The van der Waals surface area contributed by atoms with Crippen LogP contribution in [0, 0.1) is 41.3 Å². The Kier molecular flexibility index (Phi) is 608. The summed E-state index contributed by atoms with van der Waals surface area (Å²) in [5.74, 6) is 0. The smallest absolute Gasteiger partial charge is 2.00 e. The van der Waals surface area contributed by atoms with Gasteiger partial charge in [-0.05, 0) is 0 Å². The van der Waals surface area contributed by atoms with Crippen molar-refractivity contribution < 1.29 is 74.8 Å². The zero-order valence-corrected chi connectivity index (χ0v) is 7.10. The summed E-state index contributed by atoms with van der Waals surface area (Å²) in [6.07, 6.45) is 0. The maximum atomic E-state index is 0. The molecule has 0 aromatic heterocycles. The molecular formula is HMnO3Pr. The van der Waals surface area contributed by atoms with Gasteiger partial charge in [0.05, 0.1) is 0 Å². The third-order valence-corrected chi connectivity index (χ3v) is 0. The maximum Gasteiger partial charge on any atom is 3.00 e. The van der Waals surface area contributed by atoms with E-state index in [1.165, 1.54) is 0 Å². The molecule has 29 valence electrons. The van der Waals surface area contributed by atoms with Crippen LogP contribution in [0.1, 0.15) is 0 Å². The molecule has 0 aromatic rings. The molecular weight excluding hydrogens is 244 g/mol. The van der Waals surface area contributed by atoms with Crippen LogP contribution in [0.3, 0.4) is 0 Å². The zero-order chi connectivity index (χ0) is 0. The summed E-state index contributed by atoms with van der Waals surface area (Å²) in [4.78, 5) is 0. The van der Waals surface area contributed by atoms with Gasteiger partial charge in [0.15, 0.2) is 0 Å². The Morgan fingerprint density at radius 1 is 0.800 bits per heavy atom. The summed E-state index contributed by atoms with van der Waals surface area (Å²) in [6.45, 7) is 0. The van der Waals surface area contributed by atoms with Gasteiger partial charge in [0, 0.05) is 0 Å². The average molecular weight is 245 g/mol. The van der Waals surface area contributed by atoms with Crippen molar-refractivity contribution in [1.82, 2.24) is 0 Å². The van der Waals surface area contributed by atoms with Gasteiger partial charge in [-0.3, -0.25) is 0 Å². The standard InChI is InChI=1S/Mn.H2O.2O.Pr/h;1H2;;;/q+2;;2*-2;+3/p-1. The van der Waals surface area contributed by atoms with Crippen LogP contribution in [0.5, 0.6) is 0 Å². The van der Waals surface area contributed by atoms with E-state index in [2.05, 4.69) is 0 Å². The van der Waals surface area contributed by atoms with Gasteiger partial charge in [-0.25, -0.2) is 0 Å². The van der Waals surface area contributed by atoms with E-state index < -0.39 is 0 Å². The second-order valence-corrected chi connectivity index (χ2v) is 0. The molecule has 0 aliphatic carbocycles. The van der Waals surface area contributed by atoms with Gasteiger partial charge >= 0.3 is 58.4 Å². The molecule has 1 radical (unpaired) electrons. The SMILES string of the molecule is [Mn+2].[O-2].[O-2].[OH-].[Pr+3]. The van der Waals surface area contributed by atoms with Gasteiger partial charge in [0.2, 0.25) is 0 Å². The summed E-state index contributed by atoms with van der Waals surface area (Å²) < 4.78 is 0. The Bertz CT molecular complexity index is 6.85. The largest absolute Gasteiger partial charge is 3.00 e. The molecule has 0 saturated carbocycles. The molecule has 3 nitrogen and oxygen atoms in total. The van der Waals surface area contributed by atoms with E-state index in [0.29, 0.717) is 0 Å². The topological polar surface area (TPSA) is 87.0 Å². The number of hydrogen-bond donors (Lipinski definition) is 0. The minimum atomic E-state index is 0. The summed E-state index contributed by atoms with van der Waals surface area (Å²) >= 11 is 0. The van der Waals surface area contributed by atoms with Crippen LogP contribution in [0.4, 0.5) is 0 Å². The van der Waals surface area contributed by atoms with Gasteiger partial charge in [-0.15, -0.1) is 0 Å². The first-order valence-corrected chi connectivity index (χ1v) is 0. The minimum absolute atomic E-state index is 0. The second kappa shape index (κ2) is 42.1. The first kappa shape index (κ1) is 72.3. The number of hydrogen-bond acceptors (Lipinski definition) is 1. The molecule has 0 unspecified atom stereocenters. The Morgan fingerprint density at radius 2 is 0.800 bits per heavy atom. The van der Waals surface area contributed by atoms with E-state index in [-0.39, 0.29) is 74.8 Å². The molecule has 0 amide bonds. The normalized spacial score (nSPS) is 0. The molecule has 0 atom stereocenters. The predicted octanol–water partition coefficient (Wildman–Crippen LogP) is -0.417. The molecule has 0 spiro atoms. The van der Waals surface area contributed by atoms with E-state index >= 15 is 0 Å². The van der Waals surface area contributed by atoms with Crippen molar-refractivity contribution >= 4 is 0 Å². The van der Waals surface area contributed by atoms with Crippen LogP contribution in [0.15, 0.2) is 0 Å². The monoisotopic (exact) mass is 245 g/mol. The molecule has 5 heteroatoms. The molecule has 0 saturated heterocycles. The van der Waals surface area contributed by atoms with E-state index in [1.54, 1.807) is 0 Å². The average Bonchev–Trinajstić information content (AvgIpc) is 0. The van der Waals surface area contributed by atoms with Crippen LogP contribution >= 0.6 is 0 Å². The van der Waals surface area contributed by atoms with Crippen LogP contribution in [-0.2, 0) is 28.0 Å². The van der Waals surface area contributed by atoms with E-state index in [4.69, 9.17) is 0 Å². The summed E-state index contributed by atoms with van der Waals surface area (Å²) in [6, 6.07) is 0. The van der Waals surface area contributed by atoms with Crippen molar-refractivity contribution in [3.63, 3.8) is 0 Å². The van der Waals surface area contributed by atoms with Crippen LogP contribution in [0.2, 0.25) is 0 Å². The molecule has 0 rings (SSSR count). The quantitative estimate of drug-likeness (QED) is 0.533. The fourth-order valence-electron chi connectivity index (χ4n) is 0. The molecule has 1 N–H and O–H groups in total. The summed E-state index contributed by atoms with van der Waals surface area (Å²) in [5.41, 5.74) is 0. The van der Waals surface area contributed by atoms with Gasteiger partial charge in [0.25, 0.3) is 0 Å². The molecule has 0 bridgehead atoms. The first-order valence-electron chi connectivity index (χ1n) is 0. The van der Waals surface area contributed by atoms with E-state index in [9.17, 15) is 0 Å². The molecule has 0 aliphatic heterocycles. The summed E-state index contributed by atoms with van der Waals surface area (Å²) in [5, 5.41) is 0. The van der Waals surface area contributed by atoms with Gasteiger partial charge in [0.1, 0.15) is 0 Å². The predicted molar refractivity (Wildman–Crippen MR) is 3.31 cm³/mol. The molecule has 0 aliphatic rings. The van der Waals surface area contributed by atoms with Gasteiger partial charge in [-0.1, -0.05) is 0 Å². The number of rotatable bonds is 0. The van der Waals surface area contributed by atoms with Crippen molar-refractivity contribution in [2.75, 3.05) is 0 Å². The third-order valence-electron chi connectivity index (χ3n) is 0. The second-order valence-electron chi connectivity index (χ2n) is 0. The fourth-order valence-corrected chi connectivity index (χ4v) is 0. The molecule has 0 aromatic carbocycles. The van der Waals surface area contributed by atoms with E-state index in [1.807, 2.05) is 0 Å². The third kappa shape index (κ3) is 26.3. The van der Waals surface area contributed by atoms with Crippen LogP contribution in [-0.4, -0.2) is 5.48 Å². The molecule has 0 fully saturated rings. The van der Waals surface area contributed by atoms with Gasteiger partial charge in [-0.2, -0.15) is 0 Å². The van der Waals surface area contributed by atoms with Crippen LogP contribution in [0.25, 0.3) is 0 Å². The Hall–Kier alpha value is 1.76. The van der Waals surface area contributed by atoms with Crippen molar-refractivity contribution in [3.8, 4) is 0 Å². The molecule has 0 heterocycles. The van der Waals surface area contributed by atoms with Gasteiger partial charge < -0.3 is 16.4 Å². The van der Waals surface area contributed by atoms with Crippen molar-refractivity contribution in [2.45, 2.75) is 0 Å². The van der Waals surface area contributed by atoms with Crippen molar-refractivity contribution in [2.24, 2.45) is 0 Å². The zero-order valence-electron chi connectivity index (χ0n) is 2.22. The molecule has 5 heavy (non-hydrogen) atoms. The Labute approximate surface area is 73.9 Å². The van der Waals surface area contributed by atoms with Crippen molar-refractivity contribution in [1.29, 1.82) is 0 Å².